The fourth-order valence-electron chi connectivity index (χ4n) is 3.60. The Balaban J connectivity index is 1.65. The first kappa shape index (κ1) is 24.4. The topological polar surface area (TPSA) is 129 Å². The summed E-state index contributed by atoms with van der Waals surface area (Å²) >= 11 is 7.04. The number of ketones is 1. The van der Waals surface area contributed by atoms with Crippen LogP contribution in [0, 0.1) is 10.1 Å². The summed E-state index contributed by atoms with van der Waals surface area (Å²) in [4.78, 5) is 40.5. The molecular formula is C23H20ClN5O5S. The van der Waals surface area contributed by atoms with Gasteiger partial charge < -0.3 is 10.1 Å². The lowest BCUT2D eigenvalue weighted by Crippen LogP contribution is -2.29. The van der Waals surface area contributed by atoms with Crippen LogP contribution in [-0.4, -0.2) is 43.8 Å². The summed E-state index contributed by atoms with van der Waals surface area (Å²) in [6.45, 7) is 3.61. The van der Waals surface area contributed by atoms with E-state index in [1.165, 1.54) is 16.8 Å². The zero-order chi connectivity index (χ0) is 25.1. The Bertz CT molecular complexity index is 1320. The number of nitro groups is 1. The lowest BCUT2D eigenvalue weighted by atomic mass is 9.95. The van der Waals surface area contributed by atoms with E-state index in [0.29, 0.717) is 38.5 Å². The second-order valence-electron chi connectivity index (χ2n) is 7.52. The maximum Gasteiger partial charge on any atom is 0.338 e. The Labute approximate surface area is 209 Å². The van der Waals surface area contributed by atoms with Gasteiger partial charge in [-0.25, -0.2) is 9.48 Å². The van der Waals surface area contributed by atoms with Gasteiger partial charge in [0.25, 0.3) is 5.69 Å². The highest BCUT2D eigenvalue weighted by Gasteiger charge is 2.35. The van der Waals surface area contributed by atoms with Crippen molar-refractivity contribution in [3.05, 3.63) is 86.1 Å². The molecule has 1 atom stereocenters. The molecule has 1 aliphatic heterocycles. The third-order valence-corrected chi connectivity index (χ3v) is 6.34. The number of hydrogen-bond acceptors (Lipinski definition) is 9. The maximum absolute atomic E-state index is 12.8. The van der Waals surface area contributed by atoms with Crippen LogP contribution in [-0.2, 0) is 9.53 Å². The van der Waals surface area contributed by atoms with Crippen LogP contribution in [0.15, 0.2) is 65.0 Å². The molecule has 1 N–H and O–H groups in total. The van der Waals surface area contributed by atoms with Crippen molar-refractivity contribution in [3.8, 4) is 0 Å². The van der Waals surface area contributed by atoms with Gasteiger partial charge in [-0.2, -0.15) is 4.98 Å². The number of rotatable bonds is 8. The van der Waals surface area contributed by atoms with Gasteiger partial charge in [-0.1, -0.05) is 23.4 Å². The summed E-state index contributed by atoms with van der Waals surface area (Å²) in [6.07, 6.45) is 0. The van der Waals surface area contributed by atoms with Crippen LogP contribution in [0.5, 0.6) is 0 Å². The van der Waals surface area contributed by atoms with E-state index < -0.39 is 16.9 Å². The van der Waals surface area contributed by atoms with E-state index in [-0.39, 0.29) is 23.8 Å². The largest absolute Gasteiger partial charge is 0.463 e. The molecule has 180 valence electrons. The van der Waals surface area contributed by atoms with Gasteiger partial charge in [0, 0.05) is 28.4 Å². The van der Waals surface area contributed by atoms with E-state index in [1.54, 1.807) is 50.2 Å². The number of allylic oxidation sites excluding steroid dienone is 1. The number of hydrogen-bond donors (Lipinski definition) is 1. The molecule has 0 fully saturated rings. The van der Waals surface area contributed by atoms with Gasteiger partial charge in [0.1, 0.15) is 6.04 Å². The molecule has 0 aliphatic carbocycles. The van der Waals surface area contributed by atoms with Gasteiger partial charge in [0.15, 0.2) is 5.78 Å². The zero-order valence-corrected chi connectivity index (χ0v) is 20.3. The normalized spacial score (nSPS) is 14.8. The molecule has 2 heterocycles. The smallest absolute Gasteiger partial charge is 0.338 e. The van der Waals surface area contributed by atoms with Gasteiger partial charge in [0.2, 0.25) is 11.1 Å². The molecule has 0 radical (unpaired) electrons. The highest BCUT2D eigenvalue weighted by atomic mass is 35.5. The van der Waals surface area contributed by atoms with E-state index in [0.717, 1.165) is 11.8 Å². The second kappa shape index (κ2) is 10.3. The van der Waals surface area contributed by atoms with Crippen LogP contribution in [0.25, 0.3) is 0 Å². The van der Waals surface area contributed by atoms with Crippen LogP contribution in [0.1, 0.15) is 35.8 Å². The van der Waals surface area contributed by atoms with E-state index in [2.05, 4.69) is 15.4 Å². The van der Waals surface area contributed by atoms with Crippen molar-refractivity contribution in [1.82, 2.24) is 14.8 Å². The molecule has 10 nitrogen and oxygen atoms in total. The average molecular weight is 514 g/mol. The Morgan fingerprint density at radius 1 is 1.20 bits per heavy atom. The lowest BCUT2D eigenvalue weighted by Gasteiger charge is -2.28. The van der Waals surface area contributed by atoms with Crippen LogP contribution < -0.4 is 5.32 Å². The fraction of sp³-hybridized carbons (Fsp3) is 0.217. The minimum Gasteiger partial charge on any atom is -0.463 e. The first-order valence-electron chi connectivity index (χ1n) is 10.6. The van der Waals surface area contributed by atoms with E-state index >= 15 is 0 Å². The molecule has 0 saturated carbocycles. The number of carbonyl (C=O) groups is 2. The molecule has 0 bridgehead atoms. The Hall–Kier alpha value is -3.70. The molecule has 0 saturated heterocycles. The molecule has 0 spiro atoms. The monoisotopic (exact) mass is 513 g/mol. The highest BCUT2D eigenvalue weighted by Crippen LogP contribution is 2.37. The molecule has 35 heavy (non-hydrogen) atoms. The molecule has 2 aromatic carbocycles. The summed E-state index contributed by atoms with van der Waals surface area (Å²) in [6, 6.07) is 11.8. The third-order valence-electron chi connectivity index (χ3n) is 5.25. The fourth-order valence-corrected chi connectivity index (χ4v) is 4.45. The molecule has 4 rings (SSSR count). The summed E-state index contributed by atoms with van der Waals surface area (Å²) in [7, 11) is 0. The van der Waals surface area contributed by atoms with Crippen molar-refractivity contribution in [3.63, 3.8) is 0 Å². The van der Waals surface area contributed by atoms with Gasteiger partial charge in [-0.15, -0.1) is 5.10 Å². The number of Topliss-reactive ketones (excluding diaryl/α,β-unsaturated/α-hetero) is 1. The van der Waals surface area contributed by atoms with Gasteiger partial charge >= 0.3 is 5.97 Å². The standard InChI is InChI=1S/C23H20ClN5O5S/c1-3-34-21(31)19-13(2)25-22-26-23(35-12-18(30)14-4-8-16(24)9-5-14)27-28(22)20(19)15-6-10-17(11-7-15)29(32)33/h4-11,20H,3,12H2,1-2H3,(H,25,26,27)/t20-/m0/s1. The summed E-state index contributed by atoms with van der Waals surface area (Å²) in [5.41, 5.74) is 1.89. The first-order chi connectivity index (χ1) is 16.8. The van der Waals surface area contributed by atoms with E-state index in [1.807, 2.05) is 0 Å². The van der Waals surface area contributed by atoms with Crippen LogP contribution in [0.3, 0.4) is 0 Å². The van der Waals surface area contributed by atoms with Gasteiger partial charge in [-0.05, 0) is 55.8 Å². The van der Waals surface area contributed by atoms with Crippen molar-refractivity contribution in [2.75, 3.05) is 17.7 Å². The number of halogens is 1. The number of ether oxygens (including phenoxy) is 1. The van der Waals surface area contributed by atoms with Gasteiger partial charge in [0.05, 0.1) is 22.9 Å². The van der Waals surface area contributed by atoms with Crippen LogP contribution in [0.4, 0.5) is 11.6 Å². The Kier molecular flexibility index (Phi) is 7.17. The van der Waals surface area contributed by atoms with Crippen molar-refractivity contribution in [1.29, 1.82) is 0 Å². The molecule has 12 heteroatoms. The number of fused-ring (bicyclic) bond motifs is 1. The number of anilines is 1. The van der Waals surface area contributed by atoms with Crippen molar-refractivity contribution < 1.29 is 19.2 Å². The number of carbonyl (C=O) groups excluding carboxylic acids is 2. The average Bonchev–Trinajstić information content (AvgIpc) is 3.24. The summed E-state index contributed by atoms with van der Waals surface area (Å²) in [5.74, 6) is -0.167. The molecular weight excluding hydrogens is 494 g/mol. The van der Waals surface area contributed by atoms with Gasteiger partial charge in [-0.3, -0.25) is 14.9 Å². The number of nitrogens with zero attached hydrogens (tertiary/aromatic N) is 4. The minimum absolute atomic E-state index is 0.0724. The number of aromatic nitrogens is 3. The molecule has 1 aromatic heterocycles. The second-order valence-corrected chi connectivity index (χ2v) is 8.90. The number of esters is 1. The van der Waals surface area contributed by atoms with Crippen LogP contribution in [0.2, 0.25) is 5.02 Å². The number of thioether (sulfide) groups is 1. The maximum atomic E-state index is 12.8. The van der Waals surface area contributed by atoms with Crippen LogP contribution >= 0.6 is 23.4 Å². The number of benzene rings is 2. The summed E-state index contributed by atoms with van der Waals surface area (Å²) < 4.78 is 6.78. The zero-order valence-electron chi connectivity index (χ0n) is 18.7. The predicted molar refractivity (Wildman–Crippen MR) is 131 cm³/mol. The molecule has 0 unspecified atom stereocenters. The summed E-state index contributed by atoms with van der Waals surface area (Å²) in [5, 5.41) is 19.6. The quantitative estimate of drug-likeness (QED) is 0.150. The number of non-ortho nitro benzene ring substituents is 1. The van der Waals surface area contributed by atoms with Crippen molar-refractivity contribution >= 4 is 46.8 Å². The number of nitrogens with one attached hydrogen (secondary N) is 1. The molecule has 0 amide bonds. The predicted octanol–water partition coefficient (Wildman–Crippen LogP) is 4.67. The number of nitro benzene ring substituents is 1. The van der Waals surface area contributed by atoms with E-state index in [9.17, 15) is 19.7 Å². The van der Waals surface area contributed by atoms with Crippen molar-refractivity contribution in [2.45, 2.75) is 25.0 Å². The first-order valence-corrected chi connectivity index (χ1v) is 11.9. The van der Waals surface area contributed by atoms with E-state index in [4.69, 9.17) is 16.3 Å². The van der Waals surface area contributed by atoms with Crippen molar-refractivity contribution in [2.24, 2.45) is 0 Å². The Morgan fingerprint density at radius 2 is 1.89 bits per heavy atom. The highest BCUT2D eigenvalue weighted by molar-refractivity contribution is 7.99. The minimum atomic E-state index is -0.722. The lowest BCUT2D eigenvalue weighted by molar-refractivity contribution is -0.384. The molecule has 3 aromatic rings. The molecule has 1 aliphatic rings. The Morgan fingerprint density at radius 3 is 2.51 bits per heavy atom. The SMILES string of the molecule is CCOC(=O)C1=C(C)Nc2nc(SCC(=O)c3ccc(Cl)cc3)nn2[C@H]1c1ccc([N+](=O)[O-])cc1. The third kappa shape index (κ3) is 5.20.